The molecule has 1 saturated carbocycles. The molecule has 0 spiro atoms. The van der Waals surface area contributed by atoms with Gasteiger partial charge in [0.05, 0.1) is 11.1 Å². The van der Waals surface area contributed by atoms with Crippen molar-refractivity contribution >= 4 is 10.0 Å². The quantitative estimate of drug-likeness (QED) is 0.632. The topological polar surface area (TPSA) is 129 Å². The van der Waals surface area contributed by atoms with Crippen LogP contribution >= 0.6 is 0 Å². The molecular weight excluding hydrogens is 422 g/mol. The molecule has 0 radical (unpaired) electrons. The molecular formula is C20H21N5O5S. The SMILES string of the molecule is O=S(=O)(NC1(c2nc(-c3cnccn3)no2)CCCCC1)c1ccc2c(c1)OCCO2. The third-order valence-corrected chi connectivity index (χ3v) is 7.02. The second-order valence-electron chi connectivity index (χ2n) is 7.57. The van der Waals surface area contributed by atoms with Gasteiger partial charge >= 0.3 is 0 Å². The summed E-state index contributed by atoms with van der Waals surface area (Å²) in [4.78, 5) is 12.8. The lowest BCUT2D eigenvalue weighted by molar-refractivity contribution is 0.171. The number of hydrogen-bond acceptors (Lipinski definition) is 9. The molecule has 1 aliphatic carbocycles. The highest BCUT2D eigenvalue weighted by atomic mass is 32.2. The summed E-state index contributed by atoms with van der Waals surface area (Å²) in [5.74, 6) is 1.44. The van der Waals surface area contributed by atoms with Crippen LogP contribution in [0.5, 0.6) is 11.5 Å². The van der Waals surface area contributed by atoms with Crippen molar-refractivity contribution in [2.24, 2.45) is 0 Å². The minimum absolute atomic E-state index is 0.0929. The van der Waals surface area contributed by atoms with Gasteiger partial charge in [0.1, 0.15) is 24.4 Å². The van der Waals surface area contributed by atoms with Gasteiger partial charge in [-0.15, -0.1) is 0 Å². The molecule has 10 nitrogen and oxygen atoms in total. The van der Waals surface area contributed by atoms with Gasteiger partial charge in [-0.25, -0.2) is 13.4 Å². The number of ether oxygens (including phenoxy) is 2. The van der Waals surface area contributed by atoms with Crippen LogP contribution in [-0.4, -0.2) is 41.7 Å². The van der Waals surface area contributed by atoms with Gasteiger partial charge in [-0.3, -0.25) is 4.98 Å². The molecule has 1 fully saturated rings. The maximum Gasteiger partial charge on any atom is 0.248 e. The molecule has 11 heteroatoms. The van der Waals surface area contributed by atoms with Crippen LogP contribution < -0.4 is 14.2 Å². The molecule has 1 aromatic carbocycles. The first-order chi connectivity index (χ1) is 15.1. The second kappa shape index (κ2) is 7.89. The Balaban J connectivity index is 1.49. The molecule has 0 atom stereocenters. The van der Waals surface area contributed by atoms with E-state index in [1.54, 1.807) is 12.3 Å². The van der Waals surface area contributed by atoms with Gasteiger partial charge in [0.25, 0.3) is 0 Å². The molecule has 2 aromatic heterocycles. The molecule has 2 aliphatic rings. The van der Waals surface area contributed by atoms with Crippen LogP contribution in [0.4, 0.5) is 0 Å². The molecule has 162 valence electrons. The van der Waals surface area contributed by atoms with E-state index in [0.29, 0.717) is 43.2 Å². The van der Waals surface area contributed by atoms with E-state index in [9.17, 15) is 8.42 Å². The number of hydrogen-bond donors (Lipinski definition) is 1. The molecule has 0 unspecified atom stereocenters. The van der Waals surface area contributed by atoms with Crippen molar-refractivity contribution in [3.63, 3.8) is 0 Å². The van der Waals surface area contributed by atoms with E-state index in [-0.39, 0.29) is 16.6 Å². The fraction of sp³-hybridized carbons (Fsp3) is 0.400. The smallest absolute Gasteiger partial charge is 0.248 e. The summed E-state index contributed by atoms with van der Waals surface area (Å²) < 4.78 is 46.1. The third kappa shape index (κ3) is 3.86. The highest BCUT2D eigenvalue weighted by Gasteiger charge is 2.43. The van der Waals surface area contributed by atoms with Gasteiger partial charge in [0.2, 0.25) is 21.7 Å². The van der Waals surface area contributed by atoms with E-state index in [1.165, 1.54) is 24.5 Å². The van der Waals surface area contributed by atoms with Crippen molar-refractivity contribution in [2.75, 3.05) is 13.2 Å². The van der Waals surface area contributed by atoms with Gasteiger partial charge in [-0.05, 0) is 25.0 Å². The van der Waals surface area contributed by atoms with Crippen molar-refractivity contribution in [2.45, 2.75) is 42.5 Å². The van der Waals surface area contributed by atoms with Crippen LogP contribution in [0.25, 0.3) is 11.5 Å². The van der Waals surface area contributed by atoms with Crippen molar-refractivity contribution in [1.29, 1.82) is 0 Å². The van der Waals surface area contributed by atoms with E-state index >= 15 is 0 Å². The Hall–Kier alpha value is -3.05. The summed E-state index contributed by atoms with van der Waals surface area (Å²) in [5.41, 5.74) is -0.532. The summed E-state index contributed by atoms with van der Waals surface area (Å²) in [7, 11) is -3.90. The zero-order chi connectivity index (χ0) is 21.3. The molecule has 0 saturated heterocycles. The average molecular weight is 443 g/mol. The molecule has 5 rings (SSSR count). The fourth-order valence-electron chi connectivity index (χ4n) is 3.96. The number of aromatic nitrogens is 4. The lowest BCUT2D eigenvalue weighted by atomic mass is 9.82. The highest BCUT2D eigenvalue weighted by Crippen LogP contribution is 2.39. The normalized spacial score (nSPS) is 17.9. The number of nitrogens with one attached hydrogen (secondary N) is 1. The molecule has 1 aliphatic heterocycles. The summed E-state index contributed by atoms with van der Waals surface area (Å²) in [6.07, 6.45) is 8.41. The Morgan fingerprint density at radius 3 is 2.58 bits per heavy atom. The van der Waals surface area contributed by atoms with Crippen LogP contribution in [0, 0.1) is 0 Å². The van der Waals surface area contributed by atoms with E-state index in [2.05, 4.69) is 24.8 Å². The summed E-state index contributed by atoms with van der Waals surface area (Å²) in [6, 6.07) is 4.59. The zero-order valence-electron chi connectivity index (χ0n) is 16.7. The molecule has 3 heterocycles. The maximum atomic E-state index is 13.3. The number of fused-ring (bicyclic) bond motifs is 1. The van der Waals surface area contributed by atoms with Crippen molar-refractivity contribution in [3.8, 4) is 23.0 Å². The minimum atomic E-state index is -3.90. The number of rotatable bonds is 5. The molecule has 1 N–H and O–H groups in total. The van der Waals surface area contributed by atoms with E-state index < -0.39 is 15.6 Å². The Kier molecular flexibility index (Phi) is 5.06. The average Bonchev–Trinajstić information content (AvgIpc) is 3.31. The van der Waals surface area contributed by atoms with Gasteiger partial charge < -0.3 is 14.0 Å². The summed E-state index contributed by atoms with van der Waals surface area (Å²) in [6.45, 7) is 0.812. The first kappa shape index (κ1) is 19.9. The summed E-state index contributed by atoms with van der Waals surface area (Å²) >= 11 is 0. The maximum absolute atomic E-state index is 13.3. The first-order valence-electron chi connectivity index (χ1n) is 10.1. The van der Waals surface area contributed by atoms with E-state index in [1.807, 2.05) is 0 Å². The lowest BCUT2D eigenvalue weighted by Crippen LogP contribution is -2.47. The van der Waals surface area contributed by atoms with Gasteiger partial charge in [0.15, 0.2) is 11.5 Å². The standard InChI is InChI=1S/C20H21N5O5S/c26-31(27,14-4-5-16-17(12-14)29-11-10-28-16)25-20(6-2-1-3-7-20)19-23-18(24-30-19)15-13-21-8-9-22-15/h4-5,8-9,12-13,25H,1-3,6-7,10-11H2. The Labute approximate surface area is 179 Å². The summed E-state index contributed by atoms with van der Waals surface area (Å²) in [5, 5.41) is 4.01. The van der Waals surface area contributed by atoms with Crippen LogP contribution in [0.2, 0.25) is 0 Å². The zero-order valence-corrected chi connectivity index (χ0v) is 17.5. The molecule has 31 heavy (non-hydrogen) atoms. The first-order valence-corrected chi connectivity index (χ1v) is 11.6. The third-order valence-electron chi connectivity index (χ3n) is 5.49. The largest absolute Gasteiger partial charge is 0.486 e. The number of benzene rings is 1. The Morgan fingerprint density at radius 1 is 1.00 bits per heavy atom. The fourth-order valence-corrected chi connectivity index (χ4v) is 5.39. The highest BCUT2D eigenvalue weighted by molar-refractivity contribution is 7.89. The number of nitrogens with zero attached hydrogens (tertiary/aromatic N) is 4. The van der Waals surface area contributed by atoms with Crippen molar-refractivity contribution in [3.05, 3.63) is 42.7 Å². The second-order valence-corrected chi connectivity index (χ2v) is 9.25. The van der Waals surface area contributed by atoms with Crippen LogP contribution in [0.3, 0.4) is 0 Å². The van der Waals surface area contributed by atoms with Gasteiger partial charge in [0, 0.05) is 18.5 Å². The lowest BCUT2D eigenvalue weighted by Gasteiger charge is -2.34. The van der Waals surface area contributed by atoms with Crippen LogP contribution in [0.15, 0.2) is 46.2 Å². The van der Waals surface area contributed by atoms with Gasteiger partial charge in [-0.2, -0.15) is 9.71 Å². The van der Waals surface area contributed by atoms with Crippen molar-refractivity contribution < 1.29 is 22.4 Å². The van der Waals surface area contributed by atoms with E-state index in [4.69, 9.17) is 14.0 Å². The minimum Gasteiger partial charge on any atom is -0.486 e. The van der Waals surface area contributed by atoms with E-state index in [0.717, 1.165) is 19.3 Å². The van der Waals surface area contributed by atoms with Gasteiger partial charge in [-0.1, -0.05) is 24.4 Å². The molecule has 3 aromatic rings. The Bertz CT molecular complexity index is 1180. The number of sulfonamides is 1. The predicted octanol–water partition coefficient (Wildman–Crippen LogP) is 2.44. The predicted molar refractivity (Wildman–Crippen MR) is 108 cm³/mol. The molecule has 0 amide bonds. The van der Waals surface area contributed by atoms with Crippen LogP contribution in [0.1, 0.15) is 38.0 Å². The monoisotopic (exact) mass is 443 g/mol. The Morgan fingerprint density at radius 2 is 1.81 bits per heavy atom. The van der Waals surface area contributed by atoms with Crippen LogP contribution in [-0.2, 0) is 15.6 Å². The van der Waals surface area contributed by atoms with Crippen molar-refractivity contribution in [1.82, 2.24) is 24.8 Å². The molecule has 0 bridgehead atoms.